The first-order chi connectivity index (χ1) is 7.27. The lowest BCUT2D eigenvalue weighted by molar-refractivity contribution is -0.130. The molecule has 0 saturated carbocycles. The van der Waals surface area contributed by atoms with E-state index in [4.69, 9.17) is 5.11 Å². The van der Waals surface area contributed by atoms with Gasteiger partial charge in [-0.2, -0.15) is 0 Å². The van der Waals surface area contributed by atoms with Gasteiger partial charge < -0.3 is 10.0 Å². The average molecular weight is 213 g/mol. The van der Waals surface area contributed by atoms with Crippen molar-refractivity contribution in [3.8, 4) is 0 Å². The lowest BCUT2D eigenvalue weighted by Crippen LogP contribution is -2.31. The molecular weight excluding hydrogens is 190 g/mol. The second-order valence-corrected chi connectivity index (χ2v) is 4.44. The van der Waals surface area contributed by atoms with Gasteiger partial charge in [-0.3, -0.25) is 4.79 Å². The third-order valence-electron chi connectivity index (χ3n) is 3.21. The fourth-order valence-electron chi connectivity index (χ4n) is 2.29. The number of carbonyl (C=O) groups excluding carboxylic acids is 1. The molecule has 1 N–H and O–H groups in total. The molecule has 0 aromatic rings. The van der Waals surface area contributed by atoms with Crippen LogP contribution in [0.15, 0.2) is 0 Å². The number of amides is 1. The summed E-state index contributed by atoms with van der Waals surface area (Å²) in [7, 11) is 0. The molecule has 88 valence electrons. The molecule has 1 amide bonds. The topological polar surface area (TPSA) is 40.5 Å². The Morgan fingerprint density at radius 2 is 2.27 bits per heavy atom. The summed E-state index contributed by atoms with van der Waals surface area (Å²) < 4.78 is 0. The summed E-state index contributed by atoms with van der Waals surface area (Å²) in [5.74, 6) is 1.01. The SMILES string of the molecule is CCCC1CCC(=O)N(CCCO)CC1. The molecule has 1 atom stereocenters. The zero-order valence-electron chi connectivity index (χ0n) is 9.74. The summed E-state index contributed by atoms with van der Waals surface area (Å²) in [6, 6.07) is 0. The predicted molar refractivity (Wildman–Crippen MR) is 60.5 cm³/mol. The third kappa shape index (κ3) is 4.20. The van der Waals surface area contributed by atoms with E-state index in [0.29, 0.717) is 12.8 Å². The normalized spacial score (nSPS) is 22.9. The van der Waals surface area contributed by atoms with Crippen molar-refractivity contribution < 1.29 is 9.90 Å². The molecule has 1 saturated heterocycles. The van der Waals surface area contributed by atoms with E-state index >= 15 is 0 Å². The van der Waals surface area contributed by atoms with Gasteiger partial charge >= 0.3 is 0 Å². The van der Waals surface area contributed by atoms with Crippen LogP contribution in [0, 0.1) is 5.92 Å². The largest absolute Gasteiger partial charge is 0.396 e. The van der Waals surface area contributed by atoms with E-state index in [0.717, 1.165) is 31.8 Å². The van der Waals surface area contributed by atoms with Crippen molar-refractivity contribution in [3.63, 3.8) is 0 Å². The van der Waals surface area contributed by atoms with Gasteiger partial charge in [0.15, 0.2) is 0 Å². The smallest absolute Gasteiger partial charge is 0.222 e. The van der Waals surface area contributed by atoms with Crippen LogP contribution in [-0.2, 0) is 4.79 Å². The number of rotatable bonds is 5. The van der Waals surface area contributed by atoms with E-state index in [1.54, 1.807) is 0 Å². The van der Waals surface area contributed by atoms with Crippen LogP contribution in [0.2, 0.25) is 0 Å². The van der Waals surface area contributed by atoms with Crippen LogP contribution in [0.5, 0.6) is 0 Å². The van der Waals surface area contributed by atoms with Gasteiger partial charge in [0.2, 0.25) is 5.91 Å². The number of aliphatic hydroxyl groups is 1. The van der Waals surface area contributed by atoms with Gasteiger partial charge in [-0.15, -0.1) is 0 Å². The molecule has 0 aromatic heterocycles. The fraction of sp³-hybridized carbons (Fsp3) is 0.917. The average Bonchev–Trinajstić information content (AvgIpc) is 2.40. The fourth-order valence-corrected chi connectivity index (χ4v) is 2.29. The minimum atomic E-state index is 0.183. The van der Waals surface area contributed by atoms with Gasteiger partial charge in [-0.25, -0.2) is 0 Å². The van der Waals surface area contributed by atoms with Crippen LogP contribution in [0.3, 0.4) is 0 Å². The second kappa shape index (κ2) is 6.83. The van der Waals surface area contributed by atoms with Crippen molar-refractivity contribution in [2.45, 2.75) is 45.4 Å². The second-order valence-electron chi connectivity index (χ2n) is 4.44. The number of hydrogen-bond acceptors (Lipinski definition) is 2. The van der Waals surface area contributed by atoms with E-state index in [1.165, 1.54) is 12.8 Å². The van der Waals surface area contributed by atoms with E-state index in [1.807, 2.05) is 4.90 Å². The van der Waals surface area contributed by atoms with Crippen molar-refractivity contribution in [2.24, 2.45) is 5.92 Å². The number of carbonyl (C=O) groups is 1. The number of likely N-dealkylation sites (tertiary alicyclic amines) is 1. The standard InChI is InChI=1S/C12H23NO2/c1-2-4-11-5-6-12(15)13(9-7-11)8-3-10-14/h11,14H,2-10H2,1H3. The molecule has 1 heterocycles. The molecule has 0 aliphatic carbocycles. The first-order valence-corrected chi connectivity index (χ1v) is 6.16. The number of hydrogen-bond donors (Lipinski definition) is 1. The van der Waals surface area contributed by atoms with Gasteiger partial charge in [-0.05, 0) is 25.2 Å². The molecule has 1 rings (SSSR count). The zero-order valence-corrected chi connectivity index (χ0v) is 9.74. The summed E-state index contributed by atoms with van der Waals surface area (Å²) in [6.07, 6.45) is 6.09. The predicted octanol–water partition coefficient (Wildman–Crippen LogP) is 1.80. The zero-order chi connectivity index (χ0) is 11.1. The molecule has 15 heavy (non-hydrogen) atoms. The molecule has 1 fully saturated rings. The third-order valence-corrected chi connectivity index (χ3v) is 3.21. The molecule has 1 unspecified atom stereocenters. The molecule has 0 spiro atoms. The van der Waals surface area contributed by atoms with Crippen LogP contribution < -0.4 is 0 Å². The minimum absolute atomic E-state index is 0.183. The molecule has 0 bridgehead atoms. The maximum atomic E-state index is 11.7. The first kappa shape index (κ1) is 12.5. The first-order valence-electron chi connectivity index (χ1n) is 6.16. The lowest BCUT2D eigenvalue weighted by atomic mass is 9.96. The molecule has 0 aromatic carbocycles. The van der Waals surface area contributed by atoms with Gasteiger partial charge in [0.05, 0.1) is 0 Å². The maximum absolute atomic E-state index is 11.7. The highest BCUT2D eigenvalue weighted by atomic mass is 16.3. The van der Waals surface area contributed by atoms with Crippen LogP contribution in [-0.4, -0.2) is 35.6 Å². The summed E-state index contributed by atoms with van der Waals surface area (Å²) in [4.78, 5) is 13.6. The van der Waals surface area contributed by atoms with E-state index in [2.05, 4.69) is 6.92 Å². The van der Waals surface area contributed by atoms with Gasteiger partial charge in [0.1, 0.15) is 0 Å². The van der Waals surface area contributed by atoms with Crippen molar-refractivity contribution in [1.82, 2.24) is 4.90 Å². The van der Waals surface area contributed by atoms with Crippen molar-refractivity contribution in [2.75, 3.05) is 19.7 Å². The highest BCUT2D eigenvalue weighted by Gasteiger charge is 2.21. The van der Waals surface area contributed by atoms with Crippen LogP contribution in [0.4, 0.5) is 0 Å². The molecule has 3 heteroatoms. The van der Waals surface area contributed by atoms with Gasteiger partial charge in [0.25, 0.3) is 0 Å². The highest BCUT2D eigenvalue weighted by molar-refractivity contribution is 5.76. The quantitative estimate of drug-likeness (QED) is 0.756. The van der Waals surface area contributed by atoms with Gasteiger partial charge in [0, 0.05) is 26.1 Å². The molecule has 0 radical (unpaired) electrons. The summed E-state index contributed by atoms with van der Waals surface area (Å²) in [6.45, 7) is 4.01. The van der Waals surface area contributed by atoms with Crippen LogP contribution in [0.25, 0.3) is 0 Å². The Hall–Kier alpha value is -0.570. The van der Waals surface area contributed by atoms with Crippen LogP contribution >= 0.6 is 0 Å². The van der Waals surface area contributed by atoms with Crippen LogP contribution in [0.1, 0.15) is 45.4 Å². The maximum Gasteiger partial charge on any atom is 0.222 e. The van der Waals surface area contributed by atoms with E-state index in [9.17, 15) is 4.79 Å². The molecule has 1 aliphatic heterocycles. The Bertz CT molecular complexity index is 194. The van der Waals surface area contributed by atoms with Crippen molar-refractivity contribution >= 4 is 5.91 Å². The highest BCUT2D eigenvalue weighted by Crippen LogP contribution is 2.22. The lowest BCUT2D eigenvalue weighted by Gasteiger charge is -2.20. The molecule has 1 aliphatic rings. The number of nitrogens with zero attached hydrogens (tertiary/aromatic N) is 1. The Morgan fingerprint density at radius 1 is 1.47 bits per heavy atom. The monoisotopic (exact) mass is 213 g/mol. The Labute approximate surface area is 92.5 Å². The minimum Gasteiger partial charge on any atom is -0.396 e. The summed E-state index contributed by atoms with van der Waals surface area (Å²) >= 11 is 0. The Balaban J connectivity index is 2.37. The van der Waals surface area contributed by atoms with Gasteiger partial charge in [-0.1, -0.05) is 19.8 Å². The molecule has 3 nitrogen and oxygen atoms in total. The molecular formula is C12H23NO2. The Morgan fingerprint density at radius 3 is 2.93 bits per heavy atom. The van der Waals surface area contributed by atoms with E-state index in [-0.39, 0.29) is 12.5 Å². The number of aliphatic hydroxyl groups excluding tert-OH is 1. The van der Waals surface area contributed by atoms with E-state index < -0.39 is 0 Å². The summed E-state index contributed by atoms with van der Waals surface area (Å²) in [5, 5.41) is 8.75. The van der Waals surface area contributed by atoms with Crippen molar-refractivity contribution in [3.05, 3.63) is 0 Å². The Kier molecular flexibility index (Phi) is 5.69. The summed E-state index contributed by atoms with van der Waals surface area (Å²) in [5.41, 5.74) is 0. The van der Waals surface area contributed by atoms with Crippen molar-refractivity contribution in [1.29, 1.82) is 0 Å².